The molecule has 4 rings (SSSR count). The normalized spacial score (nSPS) is 10.7. The van der Waals surface area contributed by atoms with E-state index in [2.05, 4.69) is 36.8 Å². The van der Waals surface area contributed by atoms with Gasteiger partial charge in [0.1, 0.15) is 0 Å². The van der Waals surface area contributed by atoms with Crippen LogP contribution in [0.4, 0.5) is 5.69 Å². The van der Waals surface area contributed by atoms with Crippen molar-refractivity contribution in [3.63, 3.8) is 0 Å². The molecule has 226 valence electrons. The van der Waals surface area contributed by atoms with E-state index in [1.165, 1.54) is 11.8 Å². The maximum absolute atomic E-state index is 13.3. The van der Waals surface area contributed by atoms with E-state index in [0.29, 0.717) is 53.6 Å². The number of thioether (sulfide) groups is 1. The second-order valence-corrected chi connectivity index (χ2v) is 11.1. The Morgan fingerprint density at radius 3 is 2.21 bits per heavy atom. The number of benzene rings is 3. The number of rotatable bonds is 14. The highest BCUT2D eigenvalue weighted by Crippen LogP contribution is 2.39. The van der Waals surface area contributed by atoms with E-state index < -0.39 is 0 Å². The minimum absolute atomic E-state index is 0.0824. The molecule has 0 aliphatic rings. The highest BCUT2D eigenvalue weighted by molar-refractivity contribution is 9.10. The fourth-order valence-electron chi connectivity index (χ4n) is 4.19. The van der Waals surface area contributed by atoms with Gasteiger partial charge in [-0.1, -0.05) is 39.8 Å². The van der Waals surface area contributed by atoms with Crippen molar-refractivity contribution in [2.75, 3.05) is 30.9 Å². The highest BCUT2D eigenvalue weighted by atomic mass is 79.9. The van der Waals surface area contributed by atoms with Crippen LogP contribution in [0.2, 0.25) is 0 Å². The number of hydrogen-bond donors (Lipinski definition) is 2. The number of carbonyl (C=O) groups excluding carboxylic acids is 2. The van der Waals surface area contributed by atoms with E-state index in [1.807, 2.05) is 80.8 Å². The van der Waals surface area contributed by atoms with Crippen molar-refractivity contribution in [3.05, 3.63) is 82.1 Å². The summed E-state index contributed by atoms with van der Waals surface area (Å²) in [6.07, 6.45) is 0. The summed E-state index contributed by atoms with van der Waals surface area (Å²) in [4.78, 5) is 26.0. The molecule has 43 heavy (non-hydrogen) atoms. The molecule has 0 radical (unpaired) electrons. The summed E-state index contributed by atoms with van der Waals surface area (Å²) >= 11 is 4.73. The molecule has 1 aromatic heterocycles. The molecule has 4 aromatic rings. The van der Waals surface area contributed by atoms with Crippen LogP contribution in [0.3, 0.4) is 0 Å². The highest BCUT2D eigenvalue weighted by Gasteiger charge is 2.20. The average Bonchev–Trinajstić information content (AvgIpc) is 3.39. The van der Waals surface area contributed by atoms with Crippen LogP contribution < -0.4 is 24.8 Å². The van der Waals surface area contributed by atoms with E-state index >= 15 is 0 Å². The minimum Gasteiger partial charge on any atom is -0.490 e. The van der Waals surface area contributed by atoms with E-state index in [1.54, 1.807) is 12.1 Å². The van der Waals surface area contributed by atoms with Crippen molar-refractivity contribution >= 4 is 45.2 Å². The van der Waals surface area contributed by atoms with Crippen LogP contribution in [0.25, 0.3) is 5.69 Å². The van der Waals surface area contributed by atoms with Gasteiger partial charge in [0.25, 0.3) is 5.91 Å². The van der Waals surface area contributed by atoms with Gasteiger partial charge in [-0.25, -0.2) is 0 Å². The number of hydrogen-bond acceptors (Lipinski definition) is 8. The van der Waals surface area contributed by atoms with Crippen LogP contribution in [0.1, 0.15) is 42.5 Å². The summed E-state index contributed by atoms with van der Waals surface area (Å²) in [5, 5.41) is 15.1. The Labute approximate surface area is 263 Å². The standard InChI is InChI=1S/C31H34BrN5O5S/c1-5-40-25-16-21(17-26(41-6-2)29(25)42-7-3)30(39)33-18-27-35-36-31(37(27)24-13-11-22(32)12-14-24)43-19-28(38)34-23-10-8-9-20(4)15-23/h8-17H,5-7,18-19H2,1-4H3,(H,33,39)(H,34,38). The third-order valence-electron chi connectivity index (χ3n) is 6.00. The largest absolute Gasteiger partial charge is 0.490 e. The third-order valence-corrected chi connectivity index (χ3v) is 7.46. The molecule has 0 atom stereocenters. The molecular weight excluding hydrogens is 634 g/mol. The molecule has 10 nitrogen and oxygen atoms in total. The summed E-state index contributed by atoms with van der Waals surface area (Å²) in [6.45, 7) is 8.87. The topological polar surface area (TPSA) is 117 Å². The molecule has 12 heteroatoms. The van der Waals surface area contributed by atoms with Gasteiger partial charge < -0.3 is 24.8 Å². The average molecular weight is 669 g/mol. The van der Waals surface area contributed by atoms with Gasteiger partial charge in [-0.05, 0) is 81.8 Å². The van der Waals surface area contributed by atoms with Crippen molar-refractivity contribution in [2.45, 2.75) is 39.4 Å². The Morgan fingerprint density at radius 2 is 1.58 bits per heavy atom. The van der Waals surface area contributed by atoms with E-state index in [0.717, 1.165) is 21.4 Å². The lowest BCUT2D eigenvalue weighted by molar-refractivity contribution is -0.113. The number of nitrogens with one attached hydrogen (secondary N) is 2. The molecule has 0 saturated heterocycles. The molecule has 0 spiro atoms. The van der Waals surface area contributed by atoms with Crippen LogP contribution in [0, 0.1) is 6.92 Å². The number of ether oxygens (including phenoxy) is 3. The first-order chi connectivity index (χ1) is 20.8. The number of amides is 2. The van der Waals surface area contributed by atoms with Crippen molar-refractivity contribution in [1.29, 1.82) is 0 Å². The zero-order chi connectivity index (χ0) is 30.8. The zero-order valence-electron chi connectivity index (χ0n) is 24.5. The monoisotopic (exact) mass is 667 g/mol. The molecule has 0 aliphatic heterocycles. The summed E-state index contributed by atoms with van der Waals surface area (Å²) in [5.74, 6) is 1.44. The Morgan fingerprint density at radius 1 is 0.907 bits per heavy atom. The first kappa shape index (κ1) is 31.9. The maximum Gasteiger partial charge on any atom is 0.251 e. The number of carbonyl (C=O) groups is 2. The van der Waals surface area contributed by atoms with Crippen LogP contribution in [-0.2, 0) is 11.3 Å². The second-order valence-electron chi connectivity index (χ2n) is 9.20. The molecule has 0 saturated carbocycles. The molecular formula is C31H34BrN5O5S. The minimum atomic E-state index is -0.345. The molecule has 0 unspecified atom stereocenters. The number of halogens is 1. The molecule has 0 fully saturated rings. The number of aryl methyl sites for hydroxylation is 1. The summed E-state index contributed by atoms with van der Waals surface area (Å²) in [6, 6.07) is 18.5. The van der Waals surface area contributed by atoms with Crippen LogP contribution in [-0.4, -0.2) is 52.2 Å². The van der Waals surface area contributed by atoms with Crippen molar-refractivity contribution in [3.8, 4) is 22.9 Å². The SMILES string of the molecule is CCOc1cc(C(=O)NCc2nnc(SCC(=O)Nc3cccc(C)c3)n2-c2ccc(Br)cc2)cc(OCC)c1OCC. The molecule has 0 bridgehead atoms. The van der Waals surface area contributed by atoms with E-state index in [4.69, 9.17) is 14.2 Å². The fraction of sp³-hybridized carbons (Fsp3) is 0.290. The Balaban J connectivity index is 1.54. The van der Waals surface area contributed by atoms with Gasteiger partial charge in [-0.3, -0.25) is 14.2 Å². The van der Waals surface area contributed by atoms with Gasteiger partial charge in [0, 0.05) is 21.4 Å². The van der Waals surface area contributed by atoms with Gasteiger partial charge in [0.05, 0.1) is 32.1 Å². The number of aromatic nitrogens is 3. The molecule has 1 heterocycles. The summed E-state index contributed by atoms with van der Waals surface area (Å²) in [7, 11) is 0. The Kier molecular flexibility index (Phi) is 11.5. The van der Waals surface area contributed by atoms with Gasteiger partial charge in [-0.2, -0.15) is 0 Å². The van der Waals surface area contributed by atoms with Gasteiger partial charge in [-0.15, -0.1) is 10.2 Å². The molecule has 2 amide bonds. The Hall–Kier alpha value is -4.03. The van der Waals surface area contributed by atoms with Crippen LogP contribution in [0.15, 0.2) is 70.3 Å². The predicted octanol–water partition coefficient (Wildman–Crippen LogP) is 6.20. The smallest absolute Gasteiger partial charge is 0.251 e. The number of anilines is 1. The van der Waals surface area contributed by atoms with Crippen molar-refractivity contribution < 1.29 is 23.8 Å². The van der Waals surface area contributed by atoms with E-state index in [9.17, 15) is 9.59 Å². The lowest BCUT2D eigenvalue weighted by atomic mass is 10.1. The first-order valence-electron chi connectivity index (χ1n) is 13.9. The molecule has 0 aliphatic carbocycles. The molecule has 2 N–H and O–H groups in total. The third kappa shape index (κ3) is 8.51. The van der Waals surface area contributed by atoms with Crippen LogP contribution >= 0.6 is 27.7 Å². The fourth-order valence-corrected chi connectivity index (χ4v) is 5.22. The van der Waals surface area contributed by atoms with Crippen LogP contribution in [0.5, 0.6) is 17.2 Å². The van der Waals surface area contributed by atoms with Crippen molar-refractivity contribution in [2.24, 2.45) is 0 Å². The lowest BCUT2D eigenvalue weighted by Crippen LogP contribution is -2.25. The quantitative estimate of drug-likeness (QED) is 0.153. The summed E-state index contributed by atoms with van der Waals surface area (Å²) < 4.78 is 20.0. The zero-order valence-corrected chi connectivity index (χ0v) is 26.9. The Bertz CT molecular complexity index is 1530. The summed E-state index contributed by atoms with van der Waals surface area (Å²) in [5.41, 5.74) is 2.93. The van der Waals surface area contributed by atoms with E-state index in [-0.39, 0.29) is 24.1 Å². The number of nitrogens with zero attached hydrogens (tertiary/aromatic N) is 3. The van der Waals surface area contributed by atoms with Gasteiger partial charge in [0.2, 0.25) is 11.7 Å². The maximum atomic E-state index is 13.3. The lowest BCUT2D eigenvalue weighted by Gasteiger charge is -2.17. The predicted molar refractivity (Wildman–Crippen MR) is 171 cm³/mol. The molecule has 3 aromatic carbocycles. The first-order valence-corrected chi connectivity index (χ1v) is 15.6. The van der Waals surface area contributed by atoms with Crippen molar-refractivity contribution in [1.82, 2.24) is 20.1 Å². The van der Waals surface area contributed by atoms with Gasteiger partial charge in [0.15, 0.2) is 22.5 Å². The van der Waals surface area contributed by atoms with Gasteiger partial charge >= 0.3 is 0 Å². The second kappa shape index (κ2) is 15.4.